The summed E-state index contributed by atoms with van der Waals surface area (Å²) in [7, 11) is -1.42. The molecule has 2 amide bonds. The van der Waals surface area contributed by atoms with Crippen molar-refractivity contribution in [2.45, 2.75) is 12.5 Å². The quantitative estimate of drug-likeness (QED) is 0.867. The molecule has 0 aliphatic carbocycles. The van der Waals surface area contributed by atoms with Gasteiger partial charge in [0.25, 0.3) is 0 Å². The van der Waals surface area contributed by atoms with E-state index in [0.717, 1.165) is 0 Å². The van der Waals surface area contributed by atoms with Gasteiger partial charge < -0.3 is 15.4 Å². The minimum atomic E-state index is -2.98. The van der Waals surface area contributed by atoms with Crippen molar-refractivity contribution in [3.8, 4) is 5.75 Å². The number of rotatable bonds is 3. The Kier molecular flexibility index (Phi) is 3.94. The van der Waals surface area contributed by atoms with Crippen LogP contribution in [-0.4, -0.2) is 39.1 Å². The summed E-state index contributed by atoms with van der Waals surface area (Å²) >= 11 is 0. The zero-order valence-corrected chi connectivity index (χ0v) is 11.4. The highest BCUT2D eigenvalue weighted by molar-refractivity contribution is 7.91. The average molecular weight is 284 g/mol. The van der Waals surface area contributed by atoms with Gasteiger partial charge in [-0.25, -0.2) is 13.2 Å². The summed E-state index contributed by atoms with van der Waals surface area (Å²) in [6.07, 6.45) is 0.471. The number of ether oxygens (including phenoxy) is 1. The van der Waals surface area contributed by atoms with E-state index in [1.807, 2.05) is 0 Å². The van der Waals surface area contributed by atoms with Gasteiger partial charge in [-0.1, -0.05) is 0 Å². The van der Waals surface area contributed by atoms with E-state index in [-0.39, 0.29) is 17.5 Å². The second-order valence-corrected chi connectivity index (χ2v) is 6.66. The van der Waals surface area contributed by atoms with Crippen molar-refractivity contribution in [2.24, 2.45) is 0 Å². The van der Waals surface area contributed by atoms with Crippen LogP contribution in [0.25, 0.3) is 0 Å². The maximum absolute atomic E-state index is 11.7. The lowest BCUT2D eigenvalue weighted by molar-refractivity contribution is 0.249. The molecule has 1 saturated heterocycles. The molecule has 7 heteroatoms. The monoisotopic (exact) mass is 284 g/mol. The zero-order valence-electron chi connectivity index (χ0n) is 10.5. The van der Waals surface area contributed by atoms with Crippen molar-refractivity contribution in [3.63, 3.8) is 0 Å². The van der Waals surface area contributed by atoms with Crippen LogP contribution in [0, 0.1) is 0 Å². The van der Waals surface area contributed by atoms with Crippen LogP contribution in [0.2, 0.25) is 0 Å². The van der Waals surface area contributed by atoms with Crippen LogP contribution in [0.1, 0.15) is 6.42 Å². The minimum Gasteiger partial charge on any atom is -0.497 e. The molecule has 0 saturated carbocycles. The number of benzene rings is 1. The molecule has 0 radical (unpaired) electrons. The lowest BCUT2D eigenvalue weighted by atomic mass is 10.3. The van der Waals surface area contributed by atoms with Gasteiger partial charge >= 0.3 is 6.03 Å². The Labute approximate surface area is 112 Å². The number of carbonyl (C=O) groups is 1. The summed E-state index contributed by atoms with van der Waals surface area (Å²) in [5, 5.41) is 5.30. The van der Waals surface area contributed by atoms with Crippen LogP contribution in [0.3, 0.4) is 0 Å². The number of urea groups is 1. The summed E-state index contributed by atoms with van der Waals surface area (Å²) in [6, 6.07) is 6.19. The summed E-state index contributed by atoms with van der Waals surface area (Å²) in [6.45, 7) is 0. The van der Waals surface area contributed by atoms with Crippen molar-refractivity contribution in [1.29, 1.82) is 0 Å². The van der Waals surface area contributed by atoms with Crippen molar-refractivity contribution in [3.05, 3.63) is 24.3 Å². The Bertz CT molecular complexity index is 554. The molecule has 2 N–H and O–H groups in total. The van der Waals surface area contributed by atoms with Crippen LogP contribution in [-0.2, 0) is 9.84 Å². The molecule has 2 rings (SSSR count). The SMILES string of the molecule is COc1ccc(NC(=O)NC2CCS(=O)(=O)C2)cc1. The first-order chi connectivity index (χ1) is 8.98. The molecular weight excluding hydrogens is 268 g/mol. The third-order valence-corrected chi connectivity index (χ3v) is 4.68. The standard InChI is InChI=1S/C12H16N2O4S/c1-18-11-4-2-9(3-5-11)13-12(15)14-10-6-7-19(16,17)8-10/h2-5,10H,6-8H2,1H3,(H2,13,14,15). The molecule has 1 aliphatic heterocycles. The smallest absolute Gasteiger partial charge is 0.319 e. The molecule has 1 fully saturated rings. The average Bonchev–Trinajstić information content (AvgIpc) is 2.69. The number of amides is 2. The predicted molar refractivity (Wildman–Crippen MR) is 72.2 cm³/mol. The van der Waals surface area contributed by atoms with E-state index in [1.165, 1.54) is 0 Å². The second kappa shape index (κ2) is 5.48. The van der Waals surface area contributed by atoms with Gasteiger partial charge in [-0.15, -0.1) is 0 Å². The molecule has 1 aromatic carbocycles. The number of sulfone groups is 1. The van der Waals surface area contributed by atoms with Gasteiger partial charge in [0, 0.05) is 11.7 Å². The molecule has 104 valence electrons. The molecule has 1 aromatic rings. The van der Waals surface area contributed by atoms with E-state index in [4.69, 9.17) is 4.74 Å². The number of anilines is 1. The van der Waals surface area contributed by atoms with Gasteiger partial charge in [-0.3, -0.25) is 0 Å². The Hall–Kier alpha value is -1.76. The normalized spacial score (nSPS) is 20.8. The second-order valence-electron chi connectivity index (χ2n) is 4.43. The number of nitrogens with one attached hydrogen (secondary N) is 2. The fraction of sp³-hybridized carbons (Fsp3) is 0.417. The van der Waals surface area contributed by atoms with E-state index in [1.54, 1.807) is 31.4 Å². The van der Waals surface area contributed by atoms with Crippen molar-refractivity contribution in [2.75, 3.05) is 23.9 Å². The molecule has 19 heavy (non-hydrogen) atoms. The van der Waals surface area contributed by atoms with Crippen molar-refractivity contribution in [1.82, 2.24) is 5.32 Å². The summed E-state index contributed by atoms with van der Waals surface area (Å²) < 4.78 is 27.5. The van der Waals surface area contributed by atoms with Gasteiger partial charge in [0.1, 0.15) is 5.75 Å². The molecule has 0 bridgehead atoms. The number of hydrogen-bond donors (Lipinski definition) is 2. The summed E-state index contributed by atoms with van der Waals surface area (Å²) in [5.74, 6) is 0.858. The summed E-state index contributed by atoms with van der Waals surface area (Å²) in [5.41, 5.74) is 0.624. The number of methoxy groups -OCH3 is 1. The Morgan fingerprint density at radius 3 is 2.53 bits per heavy atom. The molecule has 1 aliphatic rings. The predicted octanol–water partition coefficient (Wildman–Crippen LogP) is 1.00. The van der Waals surface area contributed by atoms with Gasteiger partial charge in [0.2, 0.25) is 0 Å². The highest BCUT2D eigenvalue weighted by Gasteiger charge is 2.28. The van der Waals surface area contributed by atoms with E-state index in [2.05, 4.69) is 10.6 Å². The van der Waals surface area contributed by atoms with Crippen LogP contribution in [0.4, 0.5) is 10.5 Å². The molecule has 0 aromatic heterocycles. The van der Waals surface area contributed by atoms with E-state index >= 15 is 0 Å². The molecule has 1 unspecified atom stereocenters. The maximum Gasteiger partial charge on any atom is 0.319 e. The van der Waals surface area contributed by atoms with E-state index in [0.29, 0.717) is 17.9 Å². The first-order valence-electron chi connectivity index (χ1n) is 5.90. The third kappa shape index (κ3) is 3.85. The van der Waals surface area contributed by atoms with Crippen LogP contribution >= 0.6 is 0 Å². The van der Waals surface area contributed by atoms with Crippen LogP contribution in [0.15, 0.2) is 24.3 Å². The fourth-order valence-electron chi connectivity index (χ4n) is 1.94. The largest absolute Gasteiger partial charge is 0.497 e. The first-order valence-corrected chi connectivity index (χ1v) is 7.73. The van der Waals surface area contributed by atoms with Gasteiger partial charge in [-0.2, -0.15) is 0 Å². The zero-order chi connectivity index (χ0) is 13.9. The Morgan fingerprint density at radius 1 is 1.32 bits per heavy atom. The van der Waals surface area contributed by atoms with Gasteiger partial charge in [0.05, 0.1) is 18.6 Å². The van der Waals surface area contributed by atoms with E-state index in [9.17, 15) is 13.2 Å². The highest BCUT2D eigenvalue weighted by atomic mass is 32.2. The van der Waals surface area contributed by atoms with Crippen LogP contribution < -0.4 is 15.4 Å². The molecule has 6 nitrogen and oxygen atoms in total. The van der Waals surface area contributed by atoms with Crippen LogP contribution in [0.5, 0.6) is 5.75 Å². The maximum atomic E-state index is 11.7. The lowest BCUT2D eigenvalue weighted by Crippen LogP contribution is -2.38. The summed E-state index contributed by atoms with van der Waals surface area (Å²) in [4.78, 5) is 11.7. The number of hydrogen-bond acceptors (Lipinski definition) is 4. The first kappa shape index (κ1) is 13.7. The molecule has 0 spiro atoms. The Morgan fingerprint density at radius 2 is 2.00 bits per heavy atom. The molecule has 1 atom stereocenters. The van der Waals surface area contributed by atoms with Gasteiger partial charge in [0.15, 0.2) is 9.84 Å². The highest BCUT2D eigenvalue weighted by Crippen LogP contribution is 2.15. The topological polar surface area (TPSA) is 84.5 Å². The molecule has 1 heterocycles. The van der Waals surface area contributed by atoms with E-state index < -0.39 is 15.9 Å². The fourth-order valence-corrected chi connectivity index (χ4v) is 3.61. The Balaban J connectivity index is 1.87. The van der Waals surface area contributed by atoms with Gasteiger partial charge in [-0.05, 0) is 30.7 Å². The minimum absolute atomic E-state index is 0.0169. The number of carbonyl (C=O) groups excluding carboxylic acids is 1. The lowest BCUT2D eigenvalue weighted by Gasteiger charge is -2.12. The van der Waals surface area contributed by atoms with Crippen molar-refractivity contribution >= 4 is 21.6 Å². The van der Waals surface area contributed by atoms with Crippen molar-refractivity contribution < 1.29 is 17.9 Å². The molecular formula is C12H16N2O4S. The third-order valence-electron chi connectivity index (χ3n) is 2.92.